The maximum atomic E-state index is 6.17. The number of halogens is 2. The van der Waals surface area contributed by atoms with Crippen LogP contribution in [0, 0.1) is 12.8 Å². The molecule has 0 amide bonds. The lowest BCUT2D eigenvalue weighted by molar-refractivity contribution is 0.476. The second kappa shape index (κ2) is 5.76. The van der Waals surface area contributed by atoms with Crippen molar-refractivity contribution in [2.24, 2.45) is 10.9 Å². The van der Waals surface area contributed by atoms with Gasteiger partial charge in [0, 0.05) is 15.4 Å². The van der Waals surface area contributed by atoms with Gasteiger partial charge >= 0.3 is 0 Å². The molecule has 2 aliphatic rings. The van der Waals surface area contributed by atoms with Crippen LogP contribution in [0.3, 0.4) is 0 Å². The number of benzene rings is 1. The Balaban J connectivity index is 1.60. The van der Waals surface area contributed by atoms with E-state index in [1.165, 1.54) is 5.56 Å². The van der Waals surface area contributed by atoms with Crippen LogP contribution in [0.5, 0.6) is 0 Å². The van der Waals surface area contributed by atoms with Crippen molar-refractivity contribution in [1.82, 2.24) is 10.3 Å². The zero-order valence-electron chi connectivity index (χ0n) is 12.9. The van der Waals surface area contributed by atoms with Crippen molar-refractivity contribution in [3.63, 3.8) is 0 Å². The molecule has 6 heteroatoms. The highest BCUT2D eigenvalue weighted by atomic mass is 35.5. The number of fused-ring (bicyclic) bond motifs is 1. The molecule has 1 saturated carbocycles. The lowest BCUT2D eigenvalue weighted by atomic mass is 9.89. The predicted molar refractivity (Wildman–Crippen MR) is 97.1 cm³/mol. The molecule has 3 nitrogen and oxygen atoms in total. The molecular weight excluding hydrogens is 349 g/mol. The van der Waals surface area contributed by atoms with Gasteiger partial charge in [0.05, 0.1) is 17.1 Å². The number of amidine groups is 1. The monoisotopic (exact) mass is 365 g/mol. The minimum absolute atomic E-state index is 0.287. The summed E-state index contributed by atoms with van der Waals surface area (Å²) in [5, 5.41) is 8.11. The standard InChI is InChI=1S/C17H17Cl2N3S/c1-8-13(10-3-11(18)5-12(19)4-10)6-14-16(8)22-17(21-14)15-7-23-9(2)20-15/h3-5,7-8,13-14,16H,6H2,1-2H3,(H,21,22)/t8-,13-,14?,16?/m0/s1. The lowest BCUT2D eigenvalue weighted by Gasteiger charge is -2.18. The Morgan fingerprint density at radius 3 is 2.57 bits per heavy atom. The molecule has 4 atom stereocenters. The second-order valence-corrected chi connectivity index (χ2v) is 8.31. The summed E-state index contributed by atoms with van der Waals surface area (Å²) in [6.45, 7) is 4.29. The molecule has 1 aliphatic carbocycles. The molecule has 4 rings (SSSR count). The van der Waals surface area contributed by atoms with Gasteiger partial charge in [0.25, 0.3) is 0 Å². The smallest absolute Gasteiger partial charge is 0.148 e. The number of aryl methyl sites for hydroxylation is 1. The first-order valence-corrected chi connectivity index (χ1v) is 9.37. The van der Waals surface area contributed by atoms with Crippen LogP contribution in [0.4, 0.5) is 0 Å². The molecule has 2 aromatic rings. The van der Waals surface area contributed by atoms with Gasteiger partial charge in [-0.15, -0.1) is 11.3 Å². The van der Waals surface area contributed by atoms with Crippen molar-refractivity contribution < 1.29 is 0 Å². The minimum Gasteiger partial charge on any atom is -0.364 e. The van der Waals surface area contributed by atoms with Crippen molar-refractivity contribution in [1.29, 1.82) is 0 Å². The summed E-state index contributed by atoms with van der Waals surface area (Å²) in [6.07, 6.45) is 1.04. The van der Waals surface area contributed by atoms with E-state index >= 15 is 0 Å². The van der Waals surface area contributed by atoms with Crippen molar-refractivity contribution in [3.8, 4) is 0 Å². The lowest BCUT2D eigenvalue weighted by Crippen LogP contribution is -2.32. The van der Waals surface area contributed by atoms with Crippen LogP contribution in [0.25, 0.3) is 0 Å². The molecule has 0 radical (unpaired) electrons. The van der Waals surface area contributed by atoms with Crippen LogP contribution >= 0.6 is 34.5 Å². The number of aliphatic imine (C=N–C) groups is 1. The van der Waals surface area contributed by atoms with Gasteiger partial charge in [0.1, 0.15) is 11.5 Å². The van der Waals surface area contributed by atoms with E-state index in [9.17, 15) is 0 Å². The topological polar surface area (TPSA) is 37.3 Å². The highest BCUT2D eigenvalue weighted by Gasteiger charge is 2.45. The van der Waals surface area contributed by atoms with Gasteiger partial charge in [-0.1, -0.05) is 30.1 Å². The quantitative estimate of drug-likeness (QED) is 0.839. The summed E-state index contributed by atoms with van der Waals surface area (Å²) in [4.78, 5) is 9.45. The summed E-state index contributed by atoms with van der Waals surface area (Å²) in [6, 6.07) is 6.50. The Hall–Kier alpha value is -1.10. The second-order valence-electron chi connectivity index (χ2n) is 6.37. The average Bonchev–Trinajstić information content (AvgIpc) is 3.14. The Morgan fingerprint density at radius 2 is 1.96 bits per heavy atom. The fourth-order valence-corrected chi connectivity index (χ4v) is 4.93. The first-order valence-electron chi connectivity index (χ1n) is 7.74. The fourth-order valence-electron chi connectivity index (χ4n) is 3.79. The van der Waals surface area contributed by atoms with E-state index in [-0.39, 0.29) is 6.04 Å². The molecule has 1 aromatic heterocycles. The number of nitrogens with zero attached hydrogens (tertiary/aromatic N) is 2. The van der Waals surface area contributed by atoms with Gasteiger partial charge in [0.15, 0.2) is 0 Å². The van der Waals surface area contributed by atoms with Gasteiger partial charge in [-0.3, -0.25) is 4.99 Å². The zero-order valence-corrected chi connectivity index (χ0v) is 15.2. The molecule has 1 fully saturated rings. The first-order chi connectivity index (χ1) is 11.0. The molecule has 1 aromatic carbocycles. The van der Waals surface area contributed by atoms with Crippen LogP contribution in [-0.4, -0.2) is 22.9 Å². The minimum atomic E-state index is 0.287. The van der Waals surface area contributed by atoms with Crippen LogP contribution < -0.4 is 5.32 Å². The molecule has 0 saturated heterocycles. The third kappa shape index (κ3) is 2.77. The van der Waals surface area contributed by atoms with Gasteiger partial charge in [-0.05, 0) is 48.9 Å². The van der Waals surface area contributed by atoms with Crippen LogP contribution in [-0.2, 0) is 0 Å². The highest BCUT2D eigenvalue weighted by molar-refractivity contribution is 7.09. The average molecular weight is 366 g/mol. The number of hydrogen-bond acceptors (Lipinski definition) is 4. The van der Waals surface area contributed by atoms with Gasteiger partial charge < -0.3 is 5.32 Å². The zero-order chi connectivity index (χ0) is 16.1. The molecular formula is C17H17Cl2N3S. The van der Waals surface area contributed by atoms with E-state index in [0.717, 1.165) is 23.0 Å². The third-order valence-electron chi connectivity index (χ3n) is 4.87. The van der Waals surface area contributed by atoms with Crippen molar-refractivity contribution in [2.45, 2.75) is 38.3 Å². The SMILES string of the molecule is Cc1nc(C2=NC3C(C[C@H](c4cc(Cl)cc(Cl)c4)[C@@H]3C)N2)cs1. The number of hydrogen-bond donors (Lipinski definition) is 1. The summed E-state index contributed by atoms with van der Waals surface area (Å²) >= 11 is 14.0. The van der Waals surface area contributed by atoms with Crippen molar-refractivity contribution >= 4 is 40.4 Å². The maximum absolute atomic E-state index is 6.17. The Kier molecular flexibility index (Phi) is 3.87. The summed E-state index contributed by atoms with van der Waals surface area (Å²) in [5.41, 5.74) is 2.18. The third-order valence-corrected chi connectivity index (χ3v) is 6.08. The van der Waals surface area contributed by atoms with Crippen LogP contribution in [0.15, 0.2) is 28.6 Å². The fraction of sp³-hybridized carbons (Fsp3) is 0.412. The Bertz CT molecular complexity index is 766. The van der Waals surface area contributed by atoms with E-state index in [4.69, 9.17) is 28.2 Å². The summed E-state index contributed by atoms with van der Waals surface area (Å²) in [5.74, 6) is 1.81. The van der Waals surface area contributed by atoms with E-state index in [0.29, 0.717) is 27.9 Å². The van der Waals surface area contributed by atoms with Gasteiger partial charge in [-0.25, -0.2) is 4.98 Å². The molecule has 120 valence electrons. The molecule has 23 heavy (non-hydrogen) atoms. The maximum Gasteiger partial charge on any atom is 0.148 e. The van der Waals surface area contributed by atoms with E-state index in [1.54, 1.807) is 17.4 Å². The Labute approximate surface area is 149 Å². The van der Waals surface area contributed by atoms with E-state index < -0.39 is 0 Å². The molecule has 0 bridgehead atoms. The highest BCUT2D eigenvalue weighted by Crippen LogP contribution is 2.44. The summed E-state index contributed by atoms with van der Waals surface area (Å²) < 4.78 is 0. The van der Waals surface area contributed by atoms with Crippen LogP contribution in [0.1, 0.15) is 35.5 Å². The van der Waals surface area contributed by atoms with Crippen molar-refractivity contribution in [2.75, 3.05) is 0 Å². The predicted octanol–water partition coefficient (Wildman–Crippen LogP) is 4.67. The van der Waals surface area contributed by atoms with Crippen LogP contribution in [0.2, 0.25) is 10.0 Å². The Morgan fingerprint density at radius 1 is 1.22 bits per heavy atom. The van der Waals surface area contributed by atoms with Crippen molar-refractivity contribution in [3.05, 3.63) is 49.9 Å². The van der Waals surface area contributed by atoms with E-state index in [1.807, 2.05) is 19.1 Å². The van der Waals surface area contributed by atoms with Gasteiger partial charge in [-0.2, -0.15) is 0 Å². The number of rotatable bonds is 2. The molecule has 2 heterocycles. The number of thiazole rings is 1. The molecule has 1 aliphatic heterocycles. The number of nitrogens with one attached hydrogen (secondary N) is 1. The molecule has 2 unspecified atom stereocenters. The molecule has 1 N–H and O–H groups in total. The van der Waals surface area contributed by atoms with Gasteiger partial charge in [0.2, 0.25) is 0 Å². The number of aromatic nitrogens is 1. The largest absolute Gasteiger partial charge is 0.364 e. The first kappa shape index (κ1) is 15.4. The summed E-state index contributed by atoms with van der Waals surface area (Å²) in [7, 11) is 0. The normalized spacial score (nSPS) is 29.3. The van der Waals surface area contributed by atoms with E-state index in [2.05, 4.69) is 22.6 Å². The molecule has 0 spiro atoms.